The first-order valence-corrected chi connectivity index (χ1v) is 11.1. The lowest BCUT2D eigenvalue weighted by Gasteiger charge is -2.20. The Kier molecular flexibility index (Phi) is 5.27. The molecule has 8 nitrogen and oxygen atoms in total. The minimum absolute atomic E-state index is 0.0582. The Labute approximate surface area is 186 Å². The van der Waals surface area contributed by atoms with Crippen LogP contribution >= 0.6 is 0 Å². The number of urea groups is 1. The summed E-state index contributed by atoms with van der Waals surface area (Å²) in [6, 6.07) is 8.47. The van der Waals surface area contributed by atoms with E-state index in [4.69, 9.17) is 5.73 Å². The van der Waals surface area contributed by atoms with Gasteiger partial charge in [-0.05, 0) is 54.1 Å². The summed E-state index contributed by atoms with van der Waals surface area (Å²) in [6.07, 6.45) is 1.57. The van der Waals surface area contributed by atoms with Crippen molar-refractivity contribution in [2.75, 3.05) is 10.6 Å². The molecule has 2 atom stereocenters. The number of sulfone groups is 1. The number of rotatable bonds is 4. The van der Waals surface area contributed by atoms with Crippen LogP contribution in [0.4, 0.5) is 29.3 Å². The third-order valence-electron chi connectivity index (χ3n) is 5.47. The number of imide groups is 1. The molecule has 0 aliphatic carbocycles. The number of carbonyl (C=O) groups excluding carboxylic acids is 2. The molecule has 1 aliphatic rings. The van der Waals surface area contributed by atoms with E-state index in [-0.39, 0.29) is 5.69 Å². The van der Waals surface area contributed by atoms with E-state index >= 15 is 0 Å². The van der Waals surface area contributed by atoms with Gasteiger partial charge in [0.25, 0.3) is 15.7 Å². The van der Waals surface area contributed by atoms with Gasteiger partial charge in [0.2, 0.25) is 0 Å². The third kappa shape index (κ3) is 3.75. The number of alkyl halides is 3. The number of nitrogens with one attached hydrogen (secondary N) is 1. The molecule has 0 bridgehead atoms. The maximum Gasteiger partial charge on any atom is 0.501 e. The van der Waals surface area contributed by atoms with Gasteiger partial charge >= 0.3 is 11.5 Å². The summed E-state index contributed by atoms with van der Waals surface area (Å²) >= 11 is 0. The molecule has 0 radical (unpaired) electrons. The van der Waals surface area contributed by atoms with Gasteiger partial charge in [0, 0.05) is 23.2 Å². The van der Waals surface area contributed by atoms with E-state index in [1.54, 1.807) is 37.4 Å². The predicted octanol–water partition coefficient (Wildman–Crippen LogP) is 3.34. The van der Waals surface area contributed by atoms with Crippen LogP contribution < -0.4 is 16.0 Å². The van der Waals surface area contributed by atoms with Crippen molar-refractivity contribution in [2.45, 2.75) is 29.3 Å². The van der Waals surface area contributed by atoms with Gasteiger partial charge in [0.15, 0.2) is 0 Å². The molecule has 12 heteroatoms. The maximum atomic E-state index is 13.1. The lowest BCUT2D eigenvalue weighted by Crippen LogP contribution is -2.35. The third-order valence-corrected chi connectivity index (χ3v) is 6.97. The van der Waals surface area contributed by atoms with Gasteiger partial charge in [-0.3, -0.25) is 9.78 Å². The van der Waals surface area contributed by atoms with Crippen molar-refractivity contribution in [1.82, 2.24) is 10.3 Å². The van der Waals surface area contributed by atoms with Crippen molar-refractivity contribution in [2.24, 2.45) is 0 Å². The fraction of sp³-hybridized carbons (Fsp3) is 0.190. The van der Waals surface area contributed by atoms with Crippen molar-refractivity contribution < 1.29 is 31.2 Å². The Bertz CT molecular complexity index is 1370. The number of nitrogens with zero attached hydrogens (tertiary/aromatic N) is 2. The zero-order valence-electron chi connectivity index (χ0n) is 17.0. The minimum Gasteiger partial charge on any atom is -0.399 e. The molecule has 1 fully saturated rings. The minimum atomic E-state index is -5.55. The molecular weight excluding hydrogens is 461 g/mol. The number of pyridine rings is 1. The number of nitrogens with two attached hydrogens (primary N) is 1. The van der Waals surface area contributed by atoms with Crippen molar-refractivity contribution in [1.29, 1.82) is 0 Å². The van der Waals surface area contributed by atoms with Crippen LogP contribution in [0.15, 0.2) is 59.6 Å². The average molecular weight is 478 g/mol. The van der Waals surface area contributed by atoms with Gasteiger partial charge in [-0.2, -0.15) is 13.2 Å². The van der Waals surface area contributed by atoms with Crippen LogP contribution in [-0.2, 0) is 14.6 Å². The summed E-state index contributed by atoms with van der Waals surface area (Å²) in [7, 11) is -5.55. The second kappa shape index (κ2) is 7.73. The topological polar surface area (TPSA) is 122 Å². The molecule has 1 aliphatic heterocycles. The zero-order valence-corrected chi connectivity index (χ0v) is 17.8. The first-order chi connectivity index (χ1) is 15.4. The Balaban J connectivity index is 1.64. The Hall–Kier alpha value is -3.67. The van der Waals surface area contributed by atoms with Crippen molar-refractivity contribution >= 4 is 44.1 Å². The number of benzene rings is 2. The molecule has 172 valence electrons. The highest BCUT2D eigenvalue weighted by Crippen LogP contribution is 2.34. The molecule has 3 aromatic rings. The van der Waals surface area contributed by atoms with Crippen LogP contribution in [0.3, 0.4) is 0 Å². The van der Waals surface area contributed by atoms with Gasteiger partial charge in [-0.25, -0.2) is 18.1 Å². The van der Waals surface area contributed by atoms with Crippen molar-refractivity contribution in [3.63, 3.8) is 0 Å². The second-order valence-electron chi connectivity index (χ2n) is 7.51. The molecule has 2 aromatic carbocycles. The number of hydrogen-bond donors (Lipinski definition) is 2. The lowest BCUT2D eigenvalue weighted by molar-refractivity contribution is -0.118. The highest BCUT2D eigenvalue weighted by Gasteiger charge is 2.47. The van der Waals surface area contributed by atoms with E-state index in [0.717, 1.165) is 22.6 Å². The summed E-state index contributed by atoms with van der Waals surface area (Å²) in [5, 5.41) is 3.30. The quantitative estimate of drug-likeness (QED) is 0.438. The zero-order chi connectivity index (χ0) is 24.1. The van der Waals surface area contributed by atoms with E-state index in [1.165, 1.54) is 0 Å². The van der Waals surface area contributed by atoms with Gasteiger partial charge in [-0.15, -0.1) is 0 Å². The summed E-state index contributed by atoms with van der Waals surface area (Å²) < 4.78 is 61.4. The molecule has 4 rings (SSSR count). The number of aromatic nitrogens is 1. The highest BCUT2D eigenvalue weighted by atomic mass is 32.2. The predicted molar refractivity (Wildman–Crippen MR) is 114 cm³/mol. The lowest BCUT2D eigenvalue weighted by atomic mass is 9.90. The average Bonchev–Trinajstić information content (AvgIpc) is 3.06. The molecule has 2 unspecified atom stereocenters. The molecule has 3 N–H and O–H groups in total. The Morgan fingerprint density at radius 2 is 1.76 bits per heavy atom. The number of halogens is 3. The first kappa shape index (κ1) is 22.5. The molecule has 0 saturated carbocycles. The van der Waals surface area contributed by atoms with Crippen molar-refractivity contribution in [3.05, 3.63) is 60.3 Å². The van der Waals surface area contributed by atoms with E-state index in [2.05, 4.69) is 10.3 Å². The normalized spacial score (nSPS) is 17.9. The number of anilines is 2. The van der Waals surface area contributed by atoms with E-state index in [1.807, 2.05) is 0 Å². The SMILES string of the molecule is CC(c1ccnc2ccc(N)cc12)C1NC(=O)N(c2ccc(S(=O)(=O)C(F)(F)F)cc2)C1=O. The van der Waals surface area contributed by atoms with Gasteiger partial charge in [-0.1, -0.05) is 6.92 Å². The smallest absolute Gasteiger partial charge is 0.399 e. The molecule has 3 amide bonds. The fourth-order valence-corrected chi connectivity index (χ4v) is 4.51. The van der Waals surface area contributed by atoms with Crippen LogP contribution in [0.25, 0.3) is 10.9 Å². The number of fused-ring (bicyclic) bond motifs is 1. The number of hydrogen-bond acceptors (Lipinski definition) is 6. The maximum absolute atomic E-state index is 13.1. The van der Waals surface area contributed by atoms with E-state index in [0.29, 0.717) is 28.7 Å². The fourth-order valence-electron chi connectivity index (χ4n) is 3.75. The molecule has 33 heavy (non-hydrogen) atoms. The van der Waals surface area contributed by atoms with Crippen LogP contribution in [0, 0.1) is 0 Å². The largest absolute Gasteiger partial charge is 0.501 e. The molecule has 0 spiro atoms. The van der Waals surface area contributed by atoms with E-state index in [9.17, 15) is 31.2 Å². The highest BCUT2D eigenvalue weighted by molar-refractivity contribution is 7.92. The van der Waals surface area contributed by atoms with E-state index < -0.39 is 44.1 Å². The van der Waals surface area contributed by atoms with Gasteiger partial charge < -0.3 is 11.1 Å². The molecule has 1 aromatic heterocycles. The number of carbonyl (C=O) groups is 2. The summed E-state index contributed by atoms with van der Waals surface area (Å²) in [4.78, 5) is 29.7. The Morgan fingerprint density at radius 3 is 2.39 bits per heavy atom. The van der Waals surface area contributed by atoms with Crippen LogP contribution in [0.1, 0.15) is 18.4 Å². The van der Waals surface area contributed by atoms with Gasteiger partial charge in [0.05, 0.1) is 16.1 Å². The number of amides is 3. The van der Waals surface area contributed by atoms with Crippen LogP contribution in [-0.4, -0.2) is 36.9 Å². The Morgan fingerprint density at radius 1 is 1.09 bits per heavy atom. The molecule has 2 heterocycles. The molecular formula is C21H17F3N4O4S. The summed E-state index contributed by atoms with van der Waals surface area (Å²) in [5.74, 6) is -1.13. The number of nitrogen functional groups attached to an aromatic ring is 1. The second-order valence-corrected chi connectivity index (χ2v) is 9.45. The summed E-state index contributed by atoms with van der Waals surface area (Å²) in [6.45, 7) is 1.74. The summed E-state index contributed by atoms with van der Waals surface area (Å²) in [5.41, 5.74) is 2.23. The first-order valence-electron chi connectivity index (χ1n) is 9.62. The standard InChI is InChI=1S/C21H17F3N4O4S/c1-11(15-8-9-26-17-7-2-12(25)10-16(15)17)18-19(29)28(20(30)27-18)13-3-5-14(6-4-13)33(31,32)21(22,23)24/h2-11,18H,25H2,1H3,(H,27,30). The van der Waals surface area contributed by atoms with Crippen LogP contribution in [0.2, 0.25) is 0 Å². The van der Waals surface area contributed by atoms with Gasteiger partial charge in [0.1, 0.15) is 6.04 Å². The monoisotopic (exact) mass is 478 g/mol. The molecule has 1 saturated heterocycles. The van der Waals surface area contributed by atoms with Crippen molar-refractivity contribution in [3.8, 4) is 0 Å². The van der Waals surface area contributed by atoms with Crippen LogP contribution in [0.5, 0.6) is 0 Å².